The highest BCUT2D eigenvalue weighted by Gasteiger charge is 2.38. The molecule has 2 amide bonds. The van der Waals surface area contributed by atoms with E-state index in [2.05, 4.69) is 10.4 Å². The predicted octanol–water partition coefficient (Wildman–Crippen LogP) is 1.81. The molecular weight excluding hydrogens is 385 g/mol. The molecule has 152 valence electrons. The van der Waals surface area contributed by atoms with Crippen LogP contribution in [0.25, 0.3) is 0 Å². The van der Waals surface area contributed by atoms with E-state index in [0.717, 1.165) is 12.8 Å². The SMILES string of the molecule is O=C(NN1CCCCC1=O)c1ccc(Cn2ccnc2)o1.O=C(O)C(F)(F)F. The standard InChI is InChI=1S/C14H16N4O3.C2HF3O2/c19-13-3-1-2-7-18(13)16-14(20)12-5-4-11(21-12)9-17-8-6-15-10-17;3-2(4,5)1(6)7/h4-6,8,10H,1-3,7,9H2,(H,16,20);(H,6,7). The molecule has 1 aliphatic rings. The lowest BCUT2D eigenvalue weighted by Gasteiger charge is -2.26. The Morgan fingerprint density at radius 3 is 2.57 bits per heavy atom. The highest BCUT2D eigenvalue weighted by Crippen LogP contribution is 2.13. The molecule has 0 aromatic carbocycles. The van der Waals surface area contributed by atoms with Crippen molar-refractivity contribution in [1.29, 1.82) is 0 Å². The molecule has 2 N–H and O–H groups in total. The number of carboxylic acid groups (broad SMARTS) is 1. The van der Waals surface area contributed by atoms with Crippen molar-refractivity contribution in [2.75, 3.05) is 6.54 Å². The van der Waals surface area contributed by atoms with Gasteiger partial charge in [-0.1, -0.05) is 0 Å². The van der Waals surface area contributed by atoms with E-state index >= 15 is 0 Å². The highest BCUT2D eigenvalue weighted by molar-refractivity contribution is 5.93. The van der Waals surface area contributed by atoms with Crippen LogP contribution in [-0.2, 0) is 16.1 Å². The molecular formula is C16H17F3N4O5. The van der Waals surface area contributed by atoms with Gasteiger partial charge >= 0.3 is 18.1 Å². The maximum absolute atomic E-state index is 12.1. The van der Waals surface area contributed by atoms with Gasteiger partial charge in [0.1, 0.15) is 5.76 Å². The minimum Gasteiger partial charge on any atom is -0.475 e. The van der Waals surface area contributed by atoms with Crippen molar-refractivity contribution in [2.24, 2.45) is 0 Å². The van der Waals surface area contributed by atoms with Crippen molar-refractivity contribution in [3.63, 3.8) is 0 Å². The number of piperidine rings is 1. The van der Waals surface area contributed by atoms with Crippen LogP contribution >= 0.6 is 0 Å². The van der Waals surface area contributed by atoms with Gasteiger partial charge in [-0.2, -0.15) is 13.2 Å². The highest BCUT2D eigenvalue weighted by atomic mass is 19.4. The molecule has 0 radical (unpaired) electrons. The lowest BCUT2D eigenvalue weighted by molar-refractivity contribution is -0.192. The van der Waals surface area contributed by atoms with Gasteiger partial charge in [0.15, 0.2) is 5.76 Å². The molecule has 28 heavy (non-hydrogen) atoms. The van der Waals surface area contributed by atoms with Crippen LogP contribution in [-0.4, -0.2) is 50.2 Å². The zero-order chi connectivity index (χ0) is 20.7. The maximum Gasteiger partial charge on any atom is 0.490 e. The van der Waals surface area contributed by atoms with E-state index in [1.165, 1.54) is 5.01 Å². The minimum atomic E-state index is -5.08. The van der Waals surface area contributed by atoms with E-state index in [0.29, 0.717) is 25.3 Å². The van der Waals surface area contributed by atoms with Crippen LogP contribution in [0.15, 0.2) is 35.3 Å². The first-order valence-corrected chi connectivity index (χ1v) is 8.12. The number of alkyl halides is 3. The summed E-state index contributed by atoms with van der Waals surface area (Å²) in [5.41, 5.74) is 2.59. The van der Waals surface area contributed by atoms with Crippen molar-refractivity contribution in [3.05, 3.63) is 42.4 Å². The Kier molecular flexibility index (Phi) is 6.79. The molecule has 2 aromatic rings. The number of hydrazine groups is 1. The molecule has 0 bridgehead atoms. The van der Waals surface area contributed by atoms with Crippen LogP contribution in [0, 0.1) is 0 Å². The summed E-state index contributed by atoms with van der Waals surface area (Å²) in [5.74, 6) is -2.36. The summed E-state index contributed by atoms with van der Waals surface area (Å²) in [6, 6.07) is 3.35. The fraction of sp³-hybridized carbons (Fsp3) is 0.375. The summed E-state index contributed by atoms with van der Waals surface area (Å²) in [6.45, 7) is 1.06. The number of imidazole rings is 1. The fourth-order valence-electron chi connectivity index (χ4n) is 2.25. The van der Waals surface area contributed by atoms with Crippen LogP contribution in [0.5, 0.6) is 0 Å². The second-order valence-corrected chi connectivity index (χ2v) is 5.75. The Bertz CT molecular complexity index is 817. The van der Waals surface area contributed by atoms with Gasteiger partial charge in [-0.15, -0.1) is 0 Å². The monoisotopic (exact) mass is 402 g/mol. The number of amides is 2. The number of furan rings is 1. The Morgan fingerprint density at radius 2 is 2.00 bits per heavy atom. The van der Waals surface area contributed by atoms with Crippen molar-refractivity contribution in [2.45, 2.75) is 32.0 Å². The van der Waals surface area contributed by atoms with Gasteiger partial charge in [0, 0.05) is 25.4 Å². The molecule has 2 aromatic heterocycles. The van der Waals surface area contributed by atoms with E-state index in [-0.39, 0.29) is 11.7 Å². The number of aromatic nitrogens is 2. The maximum atomic E-state index is 12.1. The number of carbonyl (C=O) groups is 3. The molecule has 0 spiro atoms. The van der Waals surface area contributed by atoms with Crippen LogP contribution in [0.1, 0.15) is 35.6 Å². The number of nitrogens with one attached hydrogen (secondary N) is 1. The number of nitrogens with zero attached hydrogens (tertiary/aromatic N) is 3. The number of aliphatic carboxylic acids is 1. The molecule has 12 heteroatoms. The lowest BCUT2D eigenvalue weighted by Crippen LogP contribution is -2.48. The largest absolute Gasteiger partial charge is 0.490 e. The van der Waals surface area contributed by atoms with Crippen molar-refractivity contribution in [3.8, 4) is 0 Å². The predicted molar refractivity (Wildman–Crippen MR) is 86.8 cm³/mol. The summed E-state index contributed by atoms with van der Waals surface area (Å²) in [6.07, 6.45) is 2.34. The van der Waals surface area contributed by atoms with Gasteiger partial charge in [-0.25, -0.2) is 9.78 Å². The van der Waals surface area contributed by atoms with Gasteiger partial charge in [0.2, 0.25) is 5.91 Å². The quantitative estimate of drug-likeness (QED) is 0.806. The van der Waals surface area contributed by atoms with Crippen LogP contribution in [0.4, 0.5) is 13.2 Å². The smallest absolute Gasteiger partial charge is 0.475 e. The molecule has 1 aliphatic heterocycles. The number of carbonyl (C=O) groups excluding carboxylic acids is 2. The second-order valence-electron chi connectivity index (χ2n) is 5.75. The number of rotatable bonds is 4. The van der Waals surface area contributed by atoms with Crippen molar-refractivity contribution in [1.82, 2.24) is 20.0 Å². The van der Waals surface area contributed by atoms with Crippen LogP contribution < -0.4 is 5.43 Å². The van der Waals surface area contributed by atoms with E-state index in [4.69, 9.17) is 14.3 Å². The molecule has 3 heterocycles. The second kappa shape index (κ2) is 9.06. The van der Waals surface area contributed by atoms with Crippen LogP contribution in [0.3, 0.4) is 0 Å². The number of hydrogen-bond donors (Lipinski definition) is 2. The van der Waals surface area contributed by atoms with Gasteiger partial charge in [0.05, 0.1) is 12.9 Å². The first-order chi connectivity index (χ1) is 13.2. The Balaban J connectivity index is 0.000000345. The Hall–Kier alpha value is -3.31. The average molecular weight is 402 g/mol. The zero-order valence-electron chi connectivity index (χ0n) is 14.5. The topological polar surface area (TPSA) is 118 Å². The molecule has 1 saturated heterocycles. The number of carboxylic acids is 1. The average Bonchev–Trinajstić information content (AvgIpc) is 3.29. The summed E-state index contributed by atoms with van der Waals surface area (Å²) in [4.78, 5) is 36.5. The Morgan fingerprint density at radius 1 is 1.29 bits per heavy atom. The van der Waals surface area contributed by atoms with Gasteiger partial charge in [-0.05, 0) is 25.0 Å². The molecule has 3 rings (SSSR count). The Labute approximate surface area is 156 Å². The third kappa shape index (κ3) is 6.14. The molecule has 0 unspecified atom stereocenters. The van der Waals surface area contributed by atoms with Gasteiger partial charge < -0.3 is 14.1 Å². The minimum absolute atomic E-state index is 0.0557. The molecule has 0 saturated carbocycles. The summed E-state index contributed by atoms with van der Waals surface area (Å²) in [5, 5.41) is 8.49. The third-order valence-corrected chi connectivity index (χ3v) is 3.59. The van der Waals surface area contributed by atoms with E-state index in [1.807, 2.05) is 10.8 Å². The first-order valence-electron chi connectivity index (χ1n) is 8.12. The summed E-state index contributed by atoms with van der Waals surface area (Å²) < 4.78 is 39.1. The van der Waals surface area contributed by atoms with Crippen molar-refractivity contribution >= 4 is 17.8 Å². The summed E-state index contributed by atoms with van der Waals surface area (Å²) >= 11 is 0. The molecule has 9 nitrogen and oxygen atoms in total. The zero-order valence-corrected chi connectivity index (χ0v) is 14.5. The molecule has 0 atom stereocenters. The van der Waals surface area contributed by atoms with Crippen LogP contribution in [0.2, 0.25) is 0 Å². The lowest BCUT2D eigenvalue weighted by atomic mass is 10.1. The first kappa shape index (κ1) is 21.0. The van der Waals surface area contributed by atoms with Crippen molar-refractivity contribution < 1.29 is 37.1 Å². The molecule has 1 fully saturated rings. The fourth-order valence-corrected chi connectivity index (χ4v) is 2.25. The van der Waals surface area contributed by atoms with E-state index < -0.39 is 18.1 Å². The van der Waals surface area contributed by atoms with E-state index in [1.54, 1.807) is 24.7 Å². The number of hydrogen-bond acceptors (Lipinski definition) is 5. The molecule has 0 aliphatic carbocycles. The normalized spacial score (nSPS) is 14.2. The third-order valence-electron chi connectivity index (χ3n) is 3.59. The number of halogens is 3. The summed E-state index contributed by atoms with van der Waals surface area (Å²) in [7, 11) is 0. The van der Waals surface area contributed by atoms with Gasteiger partial charge in [0.25, 0.3) is 0 Å². The van der Waals surface area contributed by atoms with E-state index in [9.17, 15) is 22.8 Å². The van der Waals surface area contributed by atoms with Gasteiger partial charge in [-0.3, -0.25) is 20.0 Å².